The lowest BCUT2D eigenvalue weighted by Crippen LogP contribution is -2.33. The van der Waals surface area contributed by atoms with E-state index in [9.17, 15) is 17.6 Å². The Labute approximate surface area is 167 Å². The number of hydrogen-bond acceptors (Lipinski definition) is 5. The number of aryl methyl sites for hydroxylation is 1. The van der Waals surface area contributed by atoms with Crippen LogP contribution in [0, 0.1) is 5.82 Å². The third kappa shape index (κ3) is 5.14. The van der Waals surface area contributed by atoms with Gasteiger partial charge in [0.2, 0.25) is 5.95 Å². The highest BCUT2D eigenvalue weighted by Crippen LogP contribution is 2.34. The number of alkyl halides is 3. The van der Waals surface area contributed by atoms with Crippen LogP contribution in [0.15, 0.2) is 24.3 Å². The molecule has 2 aromatic rings. The molecule has 0 unspecified atom stereocenters. The molecule has 1 aromatic carbocycles. The van der Waals surface area contributed by atoms with E-state index in [0.29, 0.717) is 18.8 Å². The summed E-state index contributed by atoms with van der Waals surface area (Å²) in [5.74, 6) is -0.415. The molecule has 1 fully saturated rings. The molecule has 0 spiro atoms. The van der Waals surface area contributed by atoms with Gasteiger partial charge in [-0.1, -0.05) is 13.3 Å². The van der Waals surface area contributed by atoms with Gasteiger partial charge in [-0.3, -0.25) is 0 Å². The fraction of sp³-hybridized carbons (Fsp3) is 0.500. The maximum Gasteiger partial charge on any atom is 0.419 e. The number of benzene rings is 1. The van der Waals surface area contributed by atoms with E-state index in [1.54, 1.807) is 7.11 Å². The Kier molecular flexibility index (Phi) is 6.56. The van der Waals surface area contributed by atoms with Crippen LogP contribution in [0.2, 0.25) is 0 Å². The smallest absolute Gasteiger partial charge is 0.383 e. The zero-order valence-corrected chi connectivity index (χ0v) is 16.4. The standard InChI is InChI=1S/C20H24F4N4O/c1-3-5-13-11-18(28-9-4-6-15(28)12-29-2)27-19(25-13)26-14-7-8-17(21)16(10-14)20(22,23)24/h7-8,10-11,15H,3-6,9,12H2,1-2H3,(H,25,26,27)/t15-/m0/s1. The van der Waals surface area contributed by atoms with Gasteiger partial charge in [0.15, 0.2) is 0 Å². The summed E-state index contributed by atoms with van der Waals surface area (Å²) in [5.41, 5.74) is -0.457. The van der Waals surface area contributed by atoms with Crippen molar-refractivity contribution in [2.45, 2.75) is 44.8 Å². The number of nitrogens with zero attached hydrogens (tertiary/aromatic N) is 3. The Balaban J connectivity index is 1.92. The van der Waals surface area contributed by atoms with Crippen LogP contribution in [-0.2, 0) is 17.3 Å². The Morgan fingerprint density at radius 3 is 2.72 bits per heavy atom. The number of ether oxygens (including phenoxy) is 1. The number of halogens is 4. The zero-order valence-electron chi connectivity index (χ0n) is 16.4. The summed E-state index contributed by atoms with van der Waals surface area (Å²) in [6, 6.07) is 4.86. The van der Waals surface area contributed by atoms with Crippen molar-refractivity contribution in [3.8, 4) is 0 Å². The van der Waals surface area contributed by atoms with Crippen LogP contribution < -0.4 is 10.2 Å². The molecule has 0 aliphatic carbocycles. The Hall–Kier alpha value is -2.42. The molecule has 158 valence electrons. The molecule has 1 aliphatic rings. The molecule has 29 heavy (non-hydrogen) atoms. The summed E-state index contributed by atoms with van der Waals surface area (Å²) in [6.45, 7) is 3.42. The van der Waals surface area contributed by atoms with Crippen molar-refractivity contribution in [1.82, 2.24) is 9.97 Å². The molecular formula is C20H24F4N4O. The lowest BCUT2D eigenvalue weighted by Gasteiger charge is -2.26. The van der Waals surface area contributed by atoms with Gasteiger partial charge in [-0.05, 0) is 37.5 Å². The molecule has 3 rings (SSSR count). The third-order valence-electron chi connectivity index (χ3n) is 4.83. The summed E-state index contributed by atoms with van der Waals surface area (Å²) in [7, 11) is 1.65. The lowest BCUT2D eigenvalue weighted by atomic mass is 10.2. The maximum absolute atomic E-state index is 13.6. The minimum atomic E-state index is -4.78. The van der Waals surface area contributed by atoms with E-state index >= 15 is 0 Å². The molecule has 0 amide bonds. The van der Waals surface area contributed by atoms with E-state index in [1.165, 1.54) is 6.07 Å². The van der Waals surface area contributed by atoms with Gasteiger partial charge in [0, 0.05) is 31.1 Å². The molecule has 2 heterocycles. The van der Waals surface area contributed by atoms with Crippen molar-refractivity contribution in [2.75, 3.05) is 30.5 Å². The largest absolute Gasteiger partial charge is 0.419 e. The van der Waals surface area contributed by atoms with E-state index < -0.39 is 17.6 Å². The summed E-state index contributed by atoms with van der Waals surface area (Å²) in [6.07, 6.45) is -1.20. The van der Waals surface area contributed by atoms with E-state index in [1.807, 2.05) is 13.0 Å². The van der Waals surface area contributed by atoms with E-state index in [-0.39, 0.29) is 17.7 Å². The minimum Gasteiger partial charge on any atom is -0.383 e. The van der Waals surface area contributed by atoms with Crippen LogP contribution in [0.3, 0.4) is 0 Å². The minimum absolute atomic E-state index is 0.0770. The maximum atomic E-state index is 13.6. The lowest BCUT2D eigenvalue weighted by molar-refractivity contribution is -0.139. The number of anilines is 3. The van der Waals surface area contributed by atoms with Gasteiger partial charge in [-0.2, -0.15) is 18.2 Å². The fourth-order valence-electron chi connectivity index (χ4n) is 3.52. The second-order valence-electron chi connectivity index (χ2n) is 7.05. The van der Waals surface area contributed by atoms with Crippen molar-refractivity contribution in [1.29, 1.82) is 0 Å². The first kappa shape index (κ1) is 21.3. The molecule has 0 saturated carbocycles. The van der Waals surface area contributed by atoms with Gasteiger partial charge in [0.25, 0.3) is 0 Å². The van der Waals surface area contributed by atoms with Gasteiger partial charge in [-0.15, -0.1) is 0 Å². The molecule has 1 N–H and O–H groups in total. The van der Waals surface area contributed by atoms with Crippen LogP contribution in [0.4, 0.5) is 35.0 Å². The summed E-state index contributed by atoms with van der Waals surface area (Å²) in [5, 5.41) is 2.81. The highest BCUT2D eigenvalue weighted by molar-refractivity contribution is 5.57. The molecule has 9 heteroatoms. The first-order valence-electron chi connectivity index (χ1n) is 9.59. The topological polar surface area (TPSA) is 50.3 Å². The van der Waals surface area contributed by atoms with Crippen molar-refractivity contribution in [2.24, 2.45) is 0 Å². The molecule has 1 atom stereocenters. The van der Waals surface area contributed by atoms with Gasteiger partial charge in [0.1, 0.15) is 11.6 Å². The highest BCUT2D eigenvalue weighted by Gasteiger charge is 2.34. The first-order valence-corrected chi connectivity index (χ1v) is 9.59. The van der Waals surface area contributed by atoms with Gasteiger partial charge in [0.05, 0.1) is 18.2 Å². The average Bonchev–Trinajstić information content (AvgIpc) is 3.11. The summed E-state index contributed by atoms with van der Waals surface area (Å²) in [4.78, 5) is 11.1. The predicted octanol–water partition coefficient (Wildman–Crippen LogP) is 4.95. The second kappa shape index (κ2) is 8.94. The quantitative estimate of drug-likeness (QED) is 0.653. The number of hydrogen-bond donors (Lipinski definition) is 1. The number of nitrogens with one attached hydrogen (secondary N) is 1. The van der Waals surface area contributed by atoms with Gasteiger partial charge in [-0.25, -0.2) is 9.37 Å². The van der Waals surface area contributed by atoms with E-state index in [4.69, 9.17) is 4.74 Å². The van der Waals surface area contributed by atoms with E-state index in [0.717, 1.165) is 43.6 Å². The molecule has 1 aliphatic heterocycles. The third-order valence-corrected chi connectivity index (χ3v) is 4.83. The molecular weight excluding hydrogens is 388 g/mol. The van der Waals surface area contributed by atoms with Crippen molar-refractivity contribution < 1.29 is 22.3 Å². The van der Waals surface area contributed by atoms with E-state index in [2.05, 4.69) is 20.2 Å². The normalized spacial score (nSPS) is 17.0. The van der Waals surface area contributed by atoms with Crippen LogP contribution >= 0.6 is 0 Å². The van der Waals surface area contributed by atoms with Crippen LogP contribution in [0.25, 0.3) is 0 Å². The highest BCUT2D eigenvalue weighted by atomic mass is 19.4. The van der Waals surface area contributed by atoms with Gasteiger partial charge >= 0.3 is 6.18 Å². The van der Waals surface area contributed by atoms with Gasteiger partial charge < -0.3 is 15.0 Å². The first-order chi connectivity index (χ1) is 13.8. The van der Waals surface area contributed by atoms with Crippen molar-refractivity contribution in [3.05, 3.63) is 41.3 Å². The Morgan fingerprint density at radius 2 is 2.03 bits per heavy atom. The average molecular weight is 412 g/mol. The van der Waals surface area contributed by atoms with Crippen molar-refractivity contribution in [3.63, 3.8) is 0 Å². The Bertz CT molecular complexity index is 844. The molecule has 0 radical (unpaired) electrons. The molecule has 5 nitrogen and oxygen atoms in total. The monoisotopic (exact) mass is 412 g/mol. The summed E-state index contributed by atoms with van der Waals surface area (Å²) < 4.78 is 57.8. The summed E-state index contributed by atoms with van der Waals surface area (Å²) >= 11 is 0. The molecule has 1 aromatic heterocycles. The van der Waals surface area contributed by atoms with Crippen LogP contribution in [-0.4, -0.2) is 36.3 Å². The number of aromatic nitrogens is 2. The second-order valence-corrected chi connectivity index (χ2v) is 7.05. The molecule has 1 saturated heterocycles. The SMILES string of the molecule is CCCc1cc(N2CCC[C@H]2COC)nc(Nc2ccc(F)c(C(F)(F)F)c2)n1. The Morgan fingerprint density at radius 1 is 1.24 bits per heavy atom. The number of rotatable bonds is 7. The zero-order chi connectivity index (χ0) is 21.0. The van der Waals surface area contributed by atoms with Crippen LogP contribution in [0.5, 0.6) is 0 Å². The molecule has 0 bridgehead atoms. The fourth-order valence-corrected chi connectivity index (χ4v) is 3.52. The number of methoxy groups -OCH3 is 1. The predicted molar refractivity (Wildman–Crippen MR) is 103 cm³/mol. The van der Waals surface area contributed by atoms with Crippen LogP contribution in [0.1, 0.15) is 37.4 Å². The van der Waals surface area contributed by atoms with Crippen molar-refractivity contribution >= 4 is 17.5 Å².